The molecule has 0 spiro atoms. The standard InChI is InChI=1S/C24H27N3O2S2/c1-4-17(2)19-9-11-20(12-10-19)25-24(30)26-21-13-15-22(16-14-21)31(28,29)27-23-8-6-5-7-18(23)3/h5-17,27H,4H2,1-3H3,(H2,25,26,30)/t17-/m1/s1. The third-order valence-corrected chi connectivity index (χ3v) is 6.75. The first kappa shape index (κ1) is 22.8. The summed E-state index contributed by atoms with van der Waals surface area (Å²) in [7, 11) is -3.67. The molecule has 1 atom stereocenters. The summed E-state index contributed by atoms with van der Waals surface area (Å²) in [6, 6.07) is 21.9. The number of thiocarbonyl (C=S) groups is 1. The topological polar surface area (TPSA) is 70.2 Å². The summed E-state index contributed by atoms with van der Waals surface area (Å²) in [6.07, 6.45) is 1.10. The SMILES string of the molecule is CC[C@@H](C)c1ccc(NC(=S)Nc2ccc(S(=O)(=O)Nc3ccccc3C)cc2)cc1. The second kappa shape index (κ2) is 9.94. The Morgan fingerprint density at radius 2 is 1.45 bits per heavy atom. The molecule has 0 aliphatic heterocycles. The Kier molecular flexibility index (Phi) is 7.30. The van der Waals surface area contributed by atoms with Crippen molar-refractivity contribution in [3.05, 3.63) is 83.9 Å². The van der Waals surface area contributed by atoms with Crippen LogP contribution in [0.3, 0.4) is 0 Å². The molecule has 3 N–H and O–H groups in total. The number of nitrogens with one attached hydrogen (secondary N) is 3. The van der Waals surface area contributed by atoms with Crippen molar-refractivity contribution in [2.75, 3.05) is 15.4 Å². The highest BCUT2D eigenvalue weighted by atomic mass is 32.2. The lowest BCUT2D eigenvalue weighted by molar-refractivity contribution is 0.601. The van der Waals surface area contributed by atoms with Gasteiger partial charge >= 0.3 is 0 Å². The molecule has 0 saturated heterocycles. The fraction of sp³-hybridized carbons (Fsp3) is 0.208. The van der Waals surface area contributed by atoms with Crippen molar-refractivity contribution in [1.29, 1.82) is 0 Å². The second-order valence-corrected chi connectivity index (χ2v) is 9.55. The van der Waals surface area contributed by atoms with Gasteiger partial charge in [0.1, 0.15) is 0 Å². The van der Waals surface area contributed by atoms with Crippen LogP contribution in [-0.4, -0.2) is 13.5 Å². The van der Waals surface area contributed by atoms with E-state index in [1.54, 1.807) is 36.4 Å². The van der Waals surface area contributed by atoms with Crippen LogP contribution in [0.4, 0.5) is 17.1 Å². The third-order valence-electron chi connectivity index (χ3n) is 5.16. The summed E-state index contributed by atoms with van der Waals surface area (Å²) in [4.78, 5) is 0.181. The van der Waals surface area contributed by atoms with Crippen LogP contribution >= 0.6 is 12.2 Å². The van der Waals surface area contributed by atoms with Crippen molar-refractivity contribution in [2.45, 2.75) is 38.0 Å². The van der Waals surface area contributed by atoms with Crippen LogP contribution in [-0.2, 0) is 10.0 Å². The van der Waals surface area contributed by atoms with Gasteiger partial charge in [-0.25, -0.2) is 8.42 Å². The minimum atomic E-state index is -3.67. The molecule has 0 aliphatic carbocycles. The lowest BCUT2D eigenvalue weighted by atomic mass is 9.99. The van der Waals surface area contributed by atoms with Gasteiger partial charge < -0.3 is 10.6 Å². The summed E-state index contributed by atoms with van der Waals surface area (Å²) in [5.41, 5.74) is 4.31. The maximum Gasteiger partial charge on any atom is 0.261 e. The quantitative estimate of drug-likeness (QED) is 0.376. The Hall–Kier alpha value is -2.90. The van der Waals surface area contributed by atoms with Crippen molar-refractivity contribution in [2.24, 2.45) is 0 Å². The number of para-hydroxylation sites is 1. The molecule has 0 saturated carbocycles. The zero-order chi connectivity index (χ0) is 22.4. The highest BCUT2D eigenvalue weighted by Gasteiger charge is 2.15. The van der Waals surface area contributed by atoms with E-state index in [1.807, 2.05) is 31.2 Å². The lowest BCUT2D eigenvalue weighted by Crippen LogP contribution is -2.19. The highest BCUT2D eigenvalue weighted by Crippen LogP contribution is 2.22. The average molecular weight is 454 g/mol. The summed E-state index contributed by atoms with van der Waals surface area (Å²) in [6.45, 7) is 6.23. The monoisotopic (exact) mass is 453 g/mol. The number of rotatable bonds is 7. The molecule has 162 valence electrons. The van der Waals surface area contributed by atoms with Crippen molar-refractivity contribution >= 4 is 44.4 Å². The predicted octanol–water partition coefficient (Wildman–Crippen LogP) is 6.12. The molecular weight excluding hydrogens is 426 g/mol. The fourth-order valence-electron chi connectivity index (χ4n) is 3.03. The fourth-order valence-corrected chi connectivity index (χ4v) is 4.40. The molecule has 0 heterocycles. The number of benzene rings is 3. The number of aryl methyl sites for hydroxylation is 1. The molecule has 3 aromatic carbocycles. The Morgan fingerprint density at radius 1 is 0.903 bits per heavy atom. The van der Waals surface area contributed by atoms with Crippen LogP contribution in [0, 0.1) is 6.92 Å². The minimum Gasteiger partial charge on any atom is -0.332 e. The van der Waals surface area contributed by atoms with Gasteiger partial charge in [0.2, 0.25) is 0 Å². The van der Waals surface area contributed by atoms with Gasteiger partial charge in [-0.1, -0.05) is 44.2 Å². The zero-order valence-corrected chi connectivity index (χ0v) is 19.5. The zero-order valence-electron chi connectivity index (χ0n) is 17.8. The Bertz CT molecular complexity index is 1140. The van der Waals surface area contributed by atoms with Gasteiger partial charge in [-0.05, 0) is 85.1 Å². The van der Waals surface area contributed by atoms with Crippen LogP contribution in [0.1, 0.15) is 37.3 Å². The third kappa shape index (κ3) is 6.06. The molecule has 0 unspecified atom stereocenters. The number of hydrogen-bond donors (Lipinski definition) is 3. The first-order chi connectivity index (χ1) is 14.8. The van der Waals surface area contributed by atoms with Gasteiger partial charge in [0.05, 0.1) is 10.6 Å². The lowest BCUT2D eigenvalue weighted by Gasteiger charge is -2.14. The smallest absolute Gasteiger partial charge is 0.261 e. The summed E-state index contributed by atoms with van der Waals surface area (Å²) in [5, 5.41) is 6.66. The molecule has 0 bridgehead atoms. The largest absolute Gasteiger partial charge is 0.332 e. The number of hydrogen-bond acceptors (Lipinski definition) is 3. The molecule has 5 nitrogen and oxygen atoms in total. The van der Waals surface area contributed by atoms with Gasteiger partial charge in [0.15, 0.2) is 5.11 Å². The van der Waals surface area contributed by atoms with E-state index in [0.717, 1.165) is 17.7 Å². The average Bonchev–Trinajstić information content (AvgIpc) is 2.75. The van der Waals surface area contributed by atoms with Crippen molar-refractivity contribution < 1.29 is 8.42 Å². The van der Waals surface area contributed by atoms with Crippen LogP contribution in [0.5, 0.6) is 0 Å². The van der Waals surface area contributed by atoms with Crippen LogP contribution in [0.15, 0.2) is 77.7 Å². The molecule has 0 aromatic heterocycles. The van der Waals surface area contributed by atoms with Crippen molar-refractivity contribution in [3.8, 4) is 0 Å². The predicted molar refractivity (Wildman–Crippen MR) is 133 cm³/mol. The van der Waals surface area contributed by atoms with E-state index >= 15 is 0 Å². The molecular formula is C24H27N3O2S2. The summed E-state index contributed by atoms with van der Waals surface area (Å²) in [5.74, 6) is 0.522. The Balaban J connectivity index is 1.62. The molecule has 0 radical (unpaired) electrons. The minimum absolute atomic E-state index is 0.181. The van der Waals surface area contributed by atoms with E-state index in [0.29, 0.717) is 22.4 Å². The van der Waals surface area contributed by atoms with E-state index in [2.05, 4.69) is 41.3 Å². The number of sulfonamides is 1. The Labute approximate surface area is 190 Å². The molecule has 0 amide bonds. The van der Waals surface area contributed by atoms with Gasteiger partial charge in [0.25, 0.3) is 10.0 Å². The number of anilines is 3. The molecule has 3 rings (SSSR count). The van der Waals surface area contributed by atoms with E-state index in [-0.39, 0.29) is 4.90 Å². The molecule has 0 aliphatic rings. The van der Waals surface area contributed by atoms with Crippen molar-refractivity contribution in [1.82, 2.24) is 0 Å². The first-order valence-corrected chi connectivity index (χ1v) is 12.0. The second-order valence-electron chi connectivity index (χ2n) is 7.46. The maximum absolute atomic E-state index is 12.7. The maximum atomic E-state index is 12.7. The summed E-state index contributed by atoms with van der Waals surface area (Å²) >= 11 is 5.38. The Morgan fingerprint density at radius 3 is 2.00 bits per heavy atom. The van der Waals surface area contributed by atoms with E-state index in [9.17, 15) is 8.42 Å². The molecule has 0 fully saturated rings. The van der Waals surface area contributed by atoms with Crippen LogP contribution < -0.4 is 15.4 Å². The van der Waals surface area contributed by atoms with E-state index in [4.69, 9.17) is 12.2 Å². The van der Waals surface area contributed by atoms with Gasteiger partial charge in [-0.2, -0.15) is 0 Å². The van der Waals surface area contributed by atoms with E-state index < -0.39 is 10.0 Å². The first-order valence-electron chi connectivity index (χ1n) is 10.1. The highest BCUT2D eigenvalue weighted by molar-refractivity contribution is 7.92. The van der Waals surface area contributed by atoms with Gasteiger partial charge in [-0.15, -0.1) is 0 Å². The molecule has 31 heavy (non-hydrogen) atoms. The van der Waals surface area contributed by atoms with Crippen molar-refractivity contribution in [3.63, 3.8) is 0 Å². The molecule has 3 aromatic rings. The normalized spacial score (nSPS) is 12.1. The van der Waals surface area contributed by atoms with Gasteiger partial charge in [0, 0.05) is 11.4 Å². The van der Waals surface area contributed by atoms with Crippen LogP contribution in [0.2, 0.25) is 0 Å². The van der Waals surface area contributed by atoms with E-state index in [1.165, 1.54) is 5.56 Å². The van der Waals surface area contributed by atoms with Gasteiger partial charge in [-0.3, -0.25) is 4.72 Å². The summed E-state index contributed by atoms with van der Waals surface area (Å²) < 4.78 is 27.9. The molecule has 7 heteroatoms. The van der Waals surface area contributed by atoms with Crippen LogP contribution in [0.25, 0.3) is 0 Å².